The number of ether oxygens (including phenoxy) is 1. The second-order valence-electron chi connectivity index (χ2n) is 2.34. The van der Waals surface area contributed by atoms with Crippen molar-refractivity contribution in [1.82, 2.24) is 0 Å². The Kier molecular flexibility index (Phi) is 3.17. The summed E-state index contributed by atoms with van der Waals surface area (Å²) in [7, 11) is 1.37. The van der Waals surface area contributed by atoms with Gasteiger partial charge in [0, 0.05) is 4.90 Å². The number of esters is 1. The van der Waals surface area contributed by atoms with Crippen LogP contribution in [0.25, 0.3) is 0 Å². The van der Waals surface area contributed by atoms with Crippen molar-refractivity contribution in [2.75, 3.05) is 7.11 Å². The highest BCUT2D eigenvalue weighted by molar-refractivity contribution is 7.80. The zero-order valence-electron chi connectivity index (χ0n) is 6.70. The van der Waals surface area contributed by atoms with Gasteiger partial charge in [-0.25, -0.2) is 0 Å². The predicted molar refractivity (Wildman–Crippen MR) is 48.3 cm³/mol. The number of hydrogen-bond donors (Lipinski definition) is 1. The van der Waals surface area contributed by atoms with E-state index in [0.717, 1.165) is 10.5 Å². The molecule has 0 heterocycles. The van der Waals surface area contributed by atoms with Gasteiger partial charge in [-0.15, -0.1) is 12.6 Å². The molecule has 1 aromatic carbocycles. The lowest BCUT2D eigenvalue weighted by atomic mass is 10.1. The molecule has 0 aromatic heterocycles. The van der Waals surface area contributed by atoms with Crippen molar-refractivity contribution in [2.45, 2.75) is 11.3 Å². The Labute approximate surface area is 77.0 Å². The van der Waals surface area contributed by atoms with Gasteiger partial charge in [0.2, 0.25) is 0 Å². The molecular formula is C9H9O2S. The fourth-order valence-electron chi connectivity index (χ4n) is 0.848. The molecule has 0 fully saturated rings. The number of methoxy groups -OCH3 is 1. The third-order valence-electron chi connectivity index (χ3n) is 1.43. The van der Waals surface area contributed by atoms with Crippen molar-refractivity contribution >= 4 is 18.6 Å². The van der Waals surface area contributed by atoms with Crippen molar-refractivity contribution in [1.29, 1.82) is 0 Å². The van der Waals surface area contributed by atoms with E-state index in [4.69, 9.17) is 0 Å². The van der Waals surface area contributed by atoms with E-state index in [1.807, 2.05) is 6.07 Å². The van der Waals surface area contributed by atoms with E-state index >= 15 is 0 Å². The number of carbonyl (C=O) groups is 1. The largest absolute Gasteiger partial charge is 0.469 e. The molecule has 2 nitrogen and oxygen atoms in total. The summed E-state index contributed by atoms with van der Waals surface area (Å²) in [6, 6.07) is 8.22. The fourth-order valence-corrected chi connectivity index (χ4v) is 1.09. The van der Waals surface area contributed by atoms with Crippen LogP contribution in [0.4, 0.5) is 0 Å². The maximum absolute atomic E-state index is 10.8. The first-order valence-corrected chi connectivity index (χ1v) is 3.93. The third-order valence-corrected chi connectivity index (χ3v) is 1.69. The molecule has 0 N–H and O–H groups in total. The molecule has 0 saturated heterocycles. The third kappa shape index (κ3) is 2.58. The van der Waals surface area contributed by atoms with Gasteiger partial charge in [-0.1, -0.05) is 12.1 Å². The molecule has 0 aliphatic heterocycles. The lowest BCUT2D eigenvalue weighted by molar-refractivity contribution is -0.139. The number of rotatable bonds is 2. The minimum Gasteiger partial charge on any atom is -0.469 e. The highest BCUT2D eigenvalue weighted by Gasteiger charge is 2.01. The van der Waals surface area contributed by atoms with E-state index in [2.05, 4.69) is 23.4 Å². The van der Waals surface area contributed by atoms with E-state index in [1.165, 1.54) is 7.11 Å². The second-order valence-corrected chi connectivity index (χ2v) is 2.82. The van der Waals surface area contributed by atoms with Gasteiger partial charge in [-0.05, 0) is 17.7 Å². The summed E-state index contributed by atoms with van der Waals surface area (Å²) >= 11 is 4.10. The molecule has 12 heavy (non-hydrogen) atoms. The number of carbonyl (C=O) groups excluding carboxylic acids is 1. The molecule has 1 rings (SSSR count). The van der Waals surface area contributed by atoms with Crippen LogP contribution in [0.15, 0.2) is 23.1 Å². The van der Waals surface area contributed by atoms with Crippen LogP contribution in [0, 0.1) is 6.07 Å². The van der Waals surface area contributed by atoms with E-state index in [-0.39, 0.29) is 5.97 Å². The highest BCUT2D eigenvalue weighted by atomic mass is 32.1. The molecule has 3 heteroatoms. The summed E-state index contributed by atoms with van der Waals surface area (Å²) in [5.74, 6) is -0.242. The summed E-state index contributed by atoms with van der Waals surface area (Å²) in [6.45, 7) is 0. The van der Waals surface area contributed by atoms with Crippen molar-refractivity contribution in [2.24, 2.45) is 0 Å². The first-order chi connectivity index (χ1) is 5.72. The monoisotopic (exact) mass is 181 g/mol. The zero-order chi connectivity index (χ0) is 8.97. The van der Waals surface area contributed by atoms with Crippen LogP contribution in [0.5, 0.6) is 0 Å². The Bertz CT molecular complexity index is 284. The standard InChI is InChI=1S/C9H9O2S/c1-11-9(10)6-7-3-2-4-8(12)5-7/h2-3,5,12H,6H2,1H3. The van der Waals surface area contributed by atoms with Crippen molar-refractivity contribution < 1.29 is 9.53 Å². The van der Waals surface area contributed by atoms with E-state index in [1.54, 1.807) is 12.1 Å². The molecule has 0 amide bonds. The normalized spacial score (nSPS) is 9.50. The van der Waals surface area contributed by atoms with Crippen molar-refractivity contribution in [3.05, 3.63) is 29.8 Å². The van der Waals surface area contributed by atoms with E-state index in [9.17, 15) is 4.79 Å². The van der Waals surface area contributed by atoms with Crippen molar-refractivity contribution in [3.63, 3.8) is 0 Å². The summed E-state index contributed by atoms with van der Waals surface area (Å²) in [5, 5.41) is 0. The number of thiol groups is 1. The molecule has 0 bridgehead atoms. The Morgan fingerprint density at radius 1 is 1.75 bits per heavy atom. The van der Waals surface area contributed by atoms with Crippen LogP contribution in [-0.4, -0.2) is 13.1 Å². The molecule has 0 spiro atoms. The summed E-state index contributed by atoms with van der Waals surface area (Å²) in [4.78, 5) is 11.6. The Morgan fingerprint density at radius 3 is 3.08 bits per heavy atom. The van der Waals surface area contributed by atoms with Gasteiger partial charge in [0.1, 0.15) is 0 Å². The maximum Gasteiger partial charge on any atom is 0.309 e. The van der Waals surface area contributed by atoms with Crippen LogP contribution in [0.1, 0.15) is 5.56 Å². The Morgan fingerprint density at radius 2 is 2.50 bits per heavy atom. The van der Waals surface area contributed by atoms with Gasteiger partial charge >= 0.3 is 5.97 Å². The molecular weight excluding hydrogens is 172 g/mol. The van der Waals surface area contributed by atoms with Crippen LogP contribution in [-0.2, 0) is 16.0 Å². The lowest BCUT2D eigenvalue weighted by Crippen LogP contribution is -2.04. The first-order valence-electron chi connectivity index (χ1n) is 3.49. The molecule has 63 valence electrons. The summed E-state index contributed by atoms with van der Waals surface area (Å²) < 4.78 is 4.52. The minimum atomic E-state index is -0.242. The molecule has 0 aliphatic rings. The Hall–Kier alpha value is -0.960. The topological polar surface area (TPSA) is 26.3 Å². The first kappa shape index (κ1) is 9.13. The van der Waals surface area contributed by atoms with E-state index < -0.39 is 0 Å². The minimum absolute atomic E-state index is 0.242. The van der Waals surface area contributed by atoms with Gasteiger partial charge in [-0.3, -0.25) is 4.79 Å². The lowest BCUT2D eigenvalue weighted by Gasteiger charge is -1.99. The van der Waals surface area contributed by atoms with Gasteiger partial charge in [0.25, 0.3) is 0 Å². The van der Waals surface area contributed by atoms with Gasteiger partial charge < -0.3 is 4.74 Å². The van der Waals surface area contributed by atoms with Crippen LogP contribution in [0.3, 0.4) is 0 Å². The van der Waals surface area contributed by atoms with Crippen molar-refractivity contribution in [3.8, 4) is 0 Å². The SMILES string of the molecule is COC(=O)Cc1cc[c]c(S)c1. The second kappa shape index (κ2) is 4.16. The van der Waals surface area contributed by atoms with Crippen LogP contribution in [0.2, 0.25) is 0 Å². The predicted octanol–water partition coefficient (Wildman–Crippen LogP) is 1.49. The van der Waals surface area contributed by atoms with Crippen LogP contribution >= 0.6 is 12.6 Å². The smallest absolute Gasteiger partial charge is 0.309 e. The van der Waals surface area contributed by atoms with Gasteiger partial charge in [0.05, 0.1) is 13.5 Å². The fraction of sp³-hybridized carbons (Fsp3) is 0.222. The molecule has 0 atom stereocenters. The number of benzene rings is 1. The zero-order valence-corrected chi connectivity index (χ0v) is 7.60. The molecule has 1 radical (unpaired) electrons. The highest BCUT2D eigenvalue weighted by Crippen LogP contribution is 2.08. The molecule has 0 unspecified atom stereocenters. The van der Waals surface area contributed by atoms with Gasteiger partial charge in [-0.2, -0.15) is 0 Å². The molecule has 1 aromatic rings. The van der Waals surface area contributed by atoms with Gasteiger partial charge in [0.15, 0.2) is 0 Å². The quantitative estimate of drug-likeness (QED) is 0.552. The number of hydrogen-bond acceptors (Lipinski definition) is 3. The Balaban J connectivity index is 2.69. The maximum atomic E-state index is 10.8. The molecule has 0 aliphatic carbocycles. The summed E-state index contributed by atoms with van der Waals surface area (Å²) in [6.07, 6.45) is 0.290. The summed E-state index contributed by atoms with van der Waals surface area (Å²) in [5.41, 5.74) is 0.894. The average Bonchev–Trinajstić information content (AvgIpc) is 2.04. The van der Waals surface area contributed by atoms with Crippen LogP contribution < -0.4 is 0 Å². The van der Waals surface area contributed by atoms with E-state index in [0.29, 0.717) is 6.42 Å². The average molecular weight is 181 g/mol. The molecule has 0 saturated carbocycles.